The minimum atomic E-state index is -0.220. The third kappa shape index (κ3) is 3.79. The monoisotopic (exact) mass is 390 g/mol. The van der Waals surface area contributed by atoms with Crippen molar-refractivity contribution in [2.75, 3.05) is 7.11 Å². The third-order valence-corrected chi connectivity index (χ3v) is 4.98. The van der Waals surface area contributed by atoms with Crippen LogP contribution in [0.4, 0.5) is 0 Å². The van der Waals surface area contributed by atoms with E-state index in [2.05, 4.69) is 25.9 Å². The molecule has 2 N–H and O–H groups in total. The van der Waals surface area contributed by atoms with Gasteiger partial charge in [-0.15, -0.1) is 0 Å². The minimum absolute atomic E-state index is 0.220. The summed E-state index contributed by atoms with van der Waals surface area (Å²) in [7, 11) is 1.61. The number of rotatable bonds is 6. The van der Waals surface area contributed by atoms with E-state index in [1.165, 1.54) is 0 Å². The Hall–Kier alpha value is -3.45. The van der Waals surface area contributed by atoms with Gasteiger partial charge in [0.2, 0.25) is 0 Å². The second-order valence-electron chi connectivity index (χ2n) is 6.11. The highest BCUT2D eigenvalue weighted by molar-refractivity contribution is 7.08. The molecule has 3 heterocycles. The molecule has 0 spiro atoms. The first-order valence-corrected chi connectivity index (χ1v) is 9.63. The first kappa shape index (κ1) is 17.9. The average Bonchev–Trinajstić information content (AvgIpc) is 3.44. The number of aromatic amines is 1. The summed E-state index contributed by atoms with van der Waals surface area (Å²) < 4.78 is 5.36. The van der Waals surface area contributed by atoms with Crippen LogP contribution in [0.25, 0.3) is 22.5 Å². The SMILES string of the molecule is COc1ccccc1-c1cc(C(=O)NCc2ccnc(-c3ccsc3)c2)[nH]n1. The molecular formula is C21H18N4O2S. The number of thiophene rings is 1. The van der Waals surface area contributed by atoms with Gasteiger partial charge in [0.25, 0.3) is 5.91 Å². The van der Waals surface area contributed by atoms with E-state index in [1.807, 2.05) is 47.8 Å². The highest BCUT2D eigenvalue weighted by atomic mass is 32.1. The molecule has 1 amide bonds. The van der Waals surface area contributed by atoms with Gasteiger partial charge in [0.1, 0.15) is 11.4 Å². The van der Waals surface area contributed by atoms with Crippen LogP contribution in [0.15, 0.2) is 65.5 Å². The number of hydrogen-bond donors (Lipinski definition) is 2. The maximum Gasteiger partial charge on any atom is 0.269 e. The van der Waals surface area contributed by atoms with E-state index in [9.17, 15) is 4.79 Å². The molecule has 28 heavy (non-hydrogen) atoms. The number of carbonyl (C=O) groups is 1. The quantitative estimate of drug-likeness (QED) is 0.519. The molecule has 0 aliphatic heterocycles. The van der Waals surface area contributed by atoms with Crippen LogP contribution in [0, 0.1) is 0 Å². The van der Waals surface area contributed by atoms with Gasteiger partial charge in [0.15, 0.2) is 0 Å². The summed E-state index contributed by atoms with van der Waals surface area (Å²) in [4.78, 5) is 16.9. The zero-order chi connectivity index (χ0) is 19.3. The second-order valence-corrected chi connectivity index (χ2v) is 6.89. The molecule has 6 nitrogen and oxygen atoms in total. The average molecular weight is 390 g/mol. The first-order chi connectivity index (χ1) is 13.7. The van der Waals surface area contributed by atoms with Gasteiger partial charge in [-0.05, 0) is 47.3 Å². The summed E-state index contributed by atoms with van der Waals surface area (Å²) in [6, 6.07) is 15.2. The van der Waals surface area contributed by atoms with Gasteiger partial charge in [-0.1, -0.05) is 12.1 Å². The van der Waals surface area contributed by atoms with Crippen molar-refractivity contribution < 1.29 is 9.53 Å². The van der Waals surface area contributed by atoms with Crippen LogP contribution in [-0.2, 0) is 6.54 Å². The second kappa shape index (κ2) is 8.06. The van der Waals surface area contributed by atoms with Crippen LogP contribution < -0.4 is 10.1 Å². The lowest BCUT2D eigenvalue weighted by Gasteiger charge is -2.05. The number of ether oxygens (including phenoxy) is 1. The van der Waals surface area contributed by atoms with Gasteiger partial charge >= 0.3 is 0 Å². The van der Waals surface area contributed by atoms with Crippen LogP contribution in [0.3, 0.4) is 0 Å². The molecule has 140 valence electrons. The molecule has 0 unspecified atom stereocenters. The maximum atomic E-state index is 12.5. The molecule has 7 heteroatoms. The molecular weight excluding hydrogens is 372 g/mol. The number of amides is 1. The lowest BCUT2D eigenvalue weighted by Crippen LogP contribution is -2.23. The molecule has 0 aliphatic rings. The van der Waals surface area contributed by atoms with Crippen LogP contribution in [-0.4, -0.2) is 28.2 Å². The zero-order valence-electron chi connectivity index (χ0n) is 15.2. The van der Waals surface area contributed by atoms with Gasteiger partial charge < -0.3 is 10.1 Å². The summed E-state index contributed by atoms with van der Waals surface area (Å²) in [5, 5.41) is 14.0. The van der Waals surface area contributed by atoms with Crippen molar-refractivity contribution in [3.63, 3.8) is 0 Å². The van der Waals surface area contributed by atoms with E-state index < -0.39 is 0 Å². The molecule has 1 aromatic carbocycles. The maximum absolute atomic E-state index is 12.5. The van der Waals surface area contributed by atoms with Crippen LogP contribution in [0.5, 0.6) is 5.75 Å². The molecule has 4 aromatic rings. The number of hydrogen-bond acceptors (Lipinski definition) is 5. The summed E-state index contributed by atoms with van der Waals surface area (Å²) in [5.74, 6) is 0.487. The number of H-pyrrole nitrogens is 1. The molecule has 3 aromatic heterocycles. The van der Waals surface area contributed by atoms with Gasteiger partial charge in [-0.2, -0.15) is 16.4 Å². The van der Waals surface area contributed by atoms with Crippen molar-refractivity contribution in [3.8, 4) is 28.3 Å². The van der Waals surface area contributed by atoms with Crippen LogP contribution >= 0.6 is 11.3 Å². The lowest BCUT2D eigenvalue weighted by atomic mass is 10.1. The zero-order valence-corrected chi connectivity index (χ0v) is 16.0. The summed E-state index contributed by atoms with van der Waals surface area (Å²) >= 11 is 1.63. The highest BCUT2D eigenvalue weighted by Crippen LogP contribution is 2.28. The first-order valence-electron chi connectivity index (χ1n) is 8.69. The fraction of sp³-hybridized carbons (Fsp3) is 0.0952. The van der Waals surface area contributed by atoms with E-state index in [0.717, 1.165) is 22.4 Å². The Morgan fingerprint density at radius 1 is 1.18 bits per heavy atom. The normalized spacial score (nSPS) is 10.6. The number of para-hydroxylation sites is 1. The van der Waals surface area contributed by atoms with E-state index in [1.54, 1.807) is 30.7 Å². The predicted octanol–water partition coefficient (Wildman–Crippen LogP) is 4.14. The number of methoxy groups -OCH3 is 1. The molecule has 0 aliphatic carbocycles. The Labute approximate surface area is 166 Å². The number of nitrogens with one attached hydrogen (secondary N) is 2. The van der Waals surface area contributed by atoms with Crippen LogP contribution in [0.2, 0.25) is 0 Å². The Balaban J connectivity index is 1.45. The number of aromatic nitrogens is 3. The van der Waals surface area contributed by atoms with Gasteiger partial charge in [-0.3, -0.25) is 14.9 Å². The Morgan fingerprint density at radius 3 is 2.89 bits per heavy atom. The highest BCUT2D eigenvalue weighted by Gasteiger charge is 2.13. The number of benzene rings is 1. The van der Waals surface area contributed by atoms with Crippen molar-refractivity contribution in [1.82, 2.24) is 20.5 Å². The minimum Gasteiger partial charge on any atom is -0.496 e. The van der Waals surface area contributed by atoms with Gasteiger partial charge in [0.05, 0.1) is 18.5 Å². The lowest BCUT2D eigenvalue weighted by molar-refractivity contribution is 0.0946. The predicted molar refractivity (Wildman–Crippen MR) is 109 cm³/mol. The number of nitrogens with zero attached hydrogens (tertiary/aromatic N) is 2. The molecule has 0 atom stereocenters. The van der Waals surface area contributed by atoms with Crippen molar-refractivity contribution >= 4 is 17.2 Å². The van der Waals surface area contributed by atoms with Crippen LogP contribution in [0.1, 0.15) is 16.1 Å². The summed E-state index contributed by atoms with van der Waals surface area (Å²) in [6.07, 6.45) is 1.75. The van der Waals surface area contributed by atoms with E-state index >= 15 is 0 Å². The van der Waals surface area contributed by atoms with E-state index in [-0.39, 0.29) is 5.91 Å². The van der Waals surface area contributed by atoms with E-state index in [0.29, 0.717) is 23.7 Å². The molecule has 4 rings (SSSR count). The van der Waals surface area contributed by atoms with Crippen molar-refractivity contribution in [2.45, 2.75) is 6.54 Å². The molecule has 0 bridgehead atoms. The number of pyridine rings is 1. The largest absolute Gasteiger partial charge is 0.496 e. The van der Waals surface area contributed by atoms with Gasteiger partial charge in [0, 0.05) is 29.2 Å². The smallest absolute Gasteiger partial charge is 0.269 e. The number of carbonyl (C=O) groups excluding carboxylic acids is 1. The topological polar surface area (TPSA) is 79.9 Å². The fourth-order valence-corrected chi connectivity index (χ4v) is 3.51. The summed E-state index contributed by atoms with van der Waals surface area (Å²) in [5.41, 5.74) is 4.84. The molecule has 0 saturated heterocycles. The van der Waals surface area contributed by atoms with Crippen molar-refractivity contribution in [3.05, 3.63) is 76.7 Å². The third-order valence-electron chi connectivity index (χ3n) is 4.30. The van der Waals surface area contributed by atoms with Crippen molar-refractivity contribution in [2.24, 2.45) is 0 Å². The molecule has 0 saturated carbocycles. The van der Waals surface area contributed by atoms with E-state index in [4.69, 9.17) is 4.74 Å². The Kier molecular flexibility index (Phi) is 5.16. The molecule has 0 radical (unpaired) electrons. The van der Waals surface area contributed by atoms with Crippen molar-refractivity contribution in [1.29, 1.82) is 0 Å². The summed E-state index contributed by atoms with van der Waals surface area (Å²) in [6.45, 7) is 0.404. The Morgan fingerprint density at radius 2 is 2.07 bits per heavy atom. The Bertz CT molecular complexity index is 1090. The standard InChI is InChI=1S/C21H18N4O2S/c1-27-20-5-3-2-4-16(20)18-11-19(25-24-18)21(26)23-12-14-6-8-22-17(10-14)15-7-9-28-13-15/h2-11,13H,12H2,1H3,(H,23,26)(H,24,25). The molecule has 0 fully saturated rings. The fourth-order valence-electron chi connectivity index (χ4n) is 2.86. The van der Waals surface area contributed by atoms with Gasteiger partial charge in [-0.25, -0.2) is 0 Å².